The maximum atomic E-state index is 11.7. The topological polar surface area (TPSA) is 90.7 Å². The number of imidazole rings is 1. The molecule has 7 nitrogen and oxygen atoms in total. The molecule has 0 aliphatic carbocycles. The zero-order valence-corrected chi connectivity index (χ0v) is 13.8. The summed E-state index contributed by atoms with van der Waals surface area (Å²) in [5.41, 5.74) is 0.449. The van der Waals surface area contributed by atoms with Gasteiger partial charge in [0.25, 0.3) is 0 Å². The Balaban J connectivity index is 2.29. The predicted molar refractivity (Wildman–Crippen MR) is 83.8 cm³/mol. The number of nitrogens with zero attached hydrogens (tertiary/aromatic N) is 2. The molecule has 1 heterocycles. The van der Waals surface area contributed by atoms with Crippen LogP contribution in [-0.2, 0) is 16.6 Å². The molecule has 1 N–H and O–H groups in total. The summed E-state index contributed by atoms with van der Waals surface area (Å²) in [5.74, 6) is -0.651. The highest BCUT2D eigenvalue weighted by Gasteiger charge is 2.19. The number of carbonyl (C=O) groups is 2. The van der Waals surface area contributed by atoms with Crippen LogP contribution < -0.4 is 4.74 Å². The fraction of sp³-hybridized carbons (Fsp3) is 0.438. The Bertz CT molecular complexity index is 771. The van der Waals surface area contributed by atoms with Crippen LogP contribution in [0.1, 0.15) is 37.0 Å². The van der Waals surface area contributed by atoms with E-state index in [1.54, 1.807) is 45.4 Å². The third kappa shape index (κ3) is 3.80. The summed E-state index contributed by atoms with van der Waals surface area (Å²) in [5, 5.41) is 9.34. The Morgan fingerprint density at radius 1 is 1.30 bits per heavy atom. The van der Waals surface area contributed by atoms with E-state index in [0.29, 0.717) is 16.9 Å². The van der Waals surface area contributed by atoms with E-state index < -0.39 is 17.5 Å². The summed E-state index contributed by atoms with van der Waals surface area (Å²) >= 11 is 0. The molecule has 0 saturated carbocycles. The van der Waals surface area contributed by atoms with E-state index in [-0.39, 0.29) is 17.9 Å². The second-order valence-corrected chi connectivity index (χ2v) is 6.24. The standard InChI is InChI=1S/C16H20N2O5/c1-9-17-14-11(15(20)21)6-10(7-12(14)18(9)5)22-8-13(19)23-16(2,3)4/h6-7H,8H2,1-5H3,(H,20,21). The van der Waals surface area contributed by atoms with Crippen molar-refractivity contribution in [1.82, 2.24) is 9.55 Å². The molecule has 0 atom stereocenters. The number of hydrogen-bond donors (Lipinski definition) is 1. The van der Waals surface area contributed by atoms with Gasteiger partial charge in [-0.15, -0.1) is 0 Å². The Kier molecular flexibility index (Phi) is 4.31. The molecule has 1 aromatic heterocycles. The number of aryl methyl sites for hydroxylation is 2. The lowest BCUT2D eigenvalue weighted by atomic mass is 10.1. The quantitative estimate of drug-likeness (QED) is 0.869. The van der Waals surface area contributed by atoms with Gasteiger partial charge in [-0.1, -0.05) is 0 Å². The van der Waals surface area contributed by atoms with Crippen molar-refractivity contribution in [2.24, 2.45) is 7.05 Å². The summed E-state index contributed by atoms with van der Waals surface area (Å²) in [6, 6.07) is 3.02. The maximum Gasteiger partial charge on any atom is 0.344 e. The van der Waals surface area contributed by atoms with E-state index >= 15 is 0 Å². The number of rotatable bonds is 4. The zero-order chi connectivity index (χ0) is 17.4. The largest absolute Gasteiger partial charge is 0.482 e. The van der Waals surface area contributed by atoms with Crippen LogP contribution in [0.15, 0.2) is 12.1 Å². The van der Waals surface area contributed by atoms with E-state index in [4.69, 9.17) is 9.47 Å². The van der Waals surface area contributed by atoms with Crippen molar-refractivity contribution < 1.29 is 24.2 Å². The molecule has 0 fully saturated rings. The molecule has 0 amide bonds. The Labute approximate surface area is 133 Å². The van der Waals surface area contributed by atoms with Crippen LogP contribution in [0.5, 0.6) is 5.75 Å². The third-order valence-corrected chi connectivity index (χ3v) is 3.19. The van der Waals surface area contributed by atoms with E-state index in [9.17, 15) is 14.7 Å². The lowest BCUT2D eigenvalue weighted by Crippen LogP contribution is -2.27. The van der Waals surface area contributed by atoms with E-state index in [1.807, 2.05) is 0 Å². The number of carboxylic acid groups (broad SMARTS) is 1. The van der Waals surface area contributed by atoms with Gasteiger partial charge in [0.05, 0.1) is 11.1 Å². The maximum absolute atomic E-state index is 11.7. The van der Waals surface area contributed by atoms with E-state index in [0.717, 1.165) is 0 Å². The average Bonchev–Trinajstić information content (AvgIpc) is 2.69. The third-order valence-electron chi connectivity index (χ3n) is 3.19. The van der Waals surface area contributed by atoms with Gasteiger partial charge in [0, 0.05) is 13.1 Å². The molecule has 0 aliphatic heterocycles. The fourth-order valence-electron chi connectivity index (χ4n) is 2.14. The first kappa shape index (κ1) is 16.8. The second kappa shape index (κ2) is 5.91. The number of aromatic nitrogens is 2. The molecule has 0 saturated heterocycles. The Morgan fingerprint density at radius 2 is 1.96 bits per heavy atom. The van der Waals surface area contributed by atoms with Crippen LogP contribution in [0.2, 0.25) is 0 Å². The number of esters is 1. The van der Waals surface area contributed by atoms with E-state index in [1.165, 1.54) is 6.07 Å². The van der Waals surface area contributed by atoms with Gasteiger partial charge in [0.15, 0.2) is 6.61 Å². The number of carbonyl (C=O) groups excluding carboxylic acids is 1. The Hall–Kier alpha value is -2.57. The Morgan fingerprint density at radius 3 is 2.52 bits per heavy atom. The number of hydrogen-bond acceptors (Lipinski definition) is 5. The highest BCUT2D eigenvalue weighted by molar-refractivity contribution is 6.02. The number of ether oxygens (including phenoxy) is 2. The number of carboxylic acids is 1. The average molecular weight is 320 g/mol. The van der Waals surface area contributed by atoms with E-state index in [2.05, 4.69) is 4.98 Å². The minimum absolute atomic E-state index is 0.0328. The first-order chi connectivity index (χ1) is 10.6. The van der Waals surface area contributed by atoms with Gasteiger partial charge in [0.2, 0.25) is 0 Å². The minimum Gasteiger partial charge on any atom is -0.482 e. The van der Waals surface area contributed by atoms with Crippen LogP contribution in [0.3, 0.4) is 0 Å². The van der Waals surface area contributed by atoms with Crippen molar-refractivity contribution in [2.45, 2.75) is 33.3 Å². The monoisotopic (exact) mass is 320 g/mol. The van der Waals surface area contributed by atoms with Crippen LogP contribution >= 0.6 is 0 Å². The van der Waals surface area contributed by atoms with Gasteiger partial charge < -0.3 is 19.1 Å². The normalized spacial score (nSPS) is 11.5. The lowest BCUT2D eigenvalue weighted by molar-refractivity contribution is -0.157. The van der Waals surface area contributed by atoms with Crippen LogP contribution in [0.25, 0.3) is 11.0 Å². The van der Waals surface area contributed by atoms with Gasteiger partial charge in [-0.05, 0) is 33.8 Å². The molecule has 0 aliphatic rings. The van der Waals surface area contributed by atoms with Crippen LogP contribution in [0.4, 0.5) is 0 Å². The molecular weight excluding hydrogens is 300 g/mol. The first-order valence-electron chi connectivity index (χ1n) is 7.13. The van der Waals surface area contributed by atoms with Crippen LogP contribution in [0, 0.1) is 6.92 Å². The summed E-state index contributed by atoms with van der Waals surface area (Å²) in [6.45, 7) is 6.78. The van der Waals surface area contributed by atoms with Gasteiger partial charge >= 0.3 is 11.9 Å². The lowest BCUT2D eigenvalue weighted by Gasteiger charge is -2.19. The molecule has 2 rings (SSSR count). The molecule has 0 bridgehead atoms. The minimum atomic E-state index is -1.10. The van der Waals surface area contributed by atoms with Crippen molar-refractivity contribution in [2.75, 3.05) is 6.61 Å². The molecule has 23 heavy (non-hydrogen) atoms. The predicted octanol–water partition coefficient (Wildman–Crippen LogP) is 2.30. The first-order valence-corrected chi connectivity index (χ1v) is 7.13. The number of aromatic carboxylic acids is 1. The van der Waals surface area contributed by atoms with Crippen molar-refractivity contribution in [1.29, 1.82) is 0 Å². The fourth-order valence-corrected chi connectivity index (χ4v) is 2.14. The smallest absolute Gasteiger partial charge is 0.344 e. The van der Waals surface area contributed by atoms with Crippen molar-refractivity contribution >= 4 is 23.0 Å². The molecule has 7 heteroatoms. The van der Waals surface area contributed by atoms with Crippen molar-refractivity contribution in [3.05, 3.63) is 23.5 Å². The molecule has 2 aromatic rings. The van der Waals surface area contributed by atoms with Gasteiger partial charge in [0.1, 0.15) is 22.7 Å². The SMILES string of the molecule is Cc1nc2c(C(=O)O)cc(OCC(=O)OC(C)(C)C)cc2n1C. The summed E-state index contributed by atoms with van der Waals surface area (Å²) < 4.78 is 12.3. The molecule has 0 radical (unpaired) electrons. The molecule has 124 valence electrons. The summed E-state index contributed by atoms with van der Waals surface area (Å²) in [7, 11) is 1.79. The number of benzene rings is 1. The van der Waals surface area contributed by atoms with Gasteiger partial charge in [-0.3, -0.25) is 0 Å². The highest BCUT2D eigenvalue weighted by atomic mass is 16.6. The van der Waals surface area contributed by atoms with Crippen molar-refractivity contribution in [3.63, 3.8) is 0 Å². The number of fused-ring (bicyclic) bond motifs is 1. The van der Waals surface area contributed by atoms with Gasteiger partial charge in [-0.2, -0.15) is 0 Å². The highest BCUT2D eigenvalue weighted by Crippen LogP contribution is 2.26. The molecule has 1 aromatic carbocycles. The summed E-state index contributed by atoms with van der Waals surface area (Å²) in [6.07, 6.45) is 0. The zero-order valence-electron chi connectivity index (χ0n) is 13.8. The molecule has 0 unspecified atom stereocenters. The van der Waals surface area contributed by atoms with Crippen LogP contribution in [-0.4, -0.2) is 38.8 Å². The van der Waals surface area contributed by atoms with Gasteiger partial charge in [-0.25, -0.2) is 14.6 Å². The van der Waals surface area contributed by atoms with Crippen molar-refractivity contribution in [3.8, 4) is 5.75 Å². The molecular formula is C16H20N2O5. The second-order valence-electron chi connectivity index (χ2n) is 6.24. The summed E-state index contributed by atoms with van der Waals surface area (Å²) in [4.78, 5) is 27.4. The molecule has 0 spiro atoms.